The number of aryl methyl sites for hydroxylation is 1. The highest BCUT2D eigenvalue weighted by atomic mass is 32.2. The Kier molecular flexibility index (Phi) is 7.70. The van der Waals surface area contributed by atoms with Gasteiger partial charge in [0.2, 0.25) is 5.91 Å². The number of hydrazone groups is 1. The van der Waals surface area contributed by atoms with E-state index in [1.54, 1.807) is 7.11 Å². The van der Waals surface area contributed by atoms with Crippen molar-refractivity contribution in [2.75, 3.05) is 31.4 Å². The number of carbonyl (C=O) groups is 2. The van der Waals surface area contributed by atoms with Crippen LogP contribution in [0, 0.1) is 6.92 Å². The topological polar surface area (TPSA) is 86.6 Å². The molecule has 0 saturated heterocycles. The van der Waals surface area contributed by atoms with Crippen molar-refractivity contribution in [1.82, 2.24) is 5.01 Å². The molecule has 2 aliphatic rings. The first-order chi connectivity index (χ1) is 18.8. The number of aliphatic imine (C=N–C) groups is 1. The van der Waals surface area contributed by atoms with Crippen molar-refractivity contribution in [2.45, 2.75) is 31.1 Å². The summed E-state index contributed by atoms with van der Waals surface area (Å²) in [5.41, 5.74) is 5.87. The zero-order valence-corrected chi connectivity index (χ0v) is 23.2. The van der Waals surface area contributed by atoms with E-state index in [9.17, 15) is 9.59 Å². The highest BCUT2D eigenvalue weighted by Crippen LogP contribution is 2.39. The summed E-state index contributed by atoms with van der Waals surface area (Å²) in [6.45, 7) is 1.99. The molecule has 0 bridgehead atoms. The summed E-state index contributed by atoms with van der Waals surface area (Å²) < 4.78 is 5.31. The van der Waals surface area contributed by atoms with Crippen LogP contribution in [0.15, 0.2) is 82.9 Å². The van der Waals surface area contributed by atoms with Gasteiger partial charge in [-0.25, -0.2) is 5.01 Å². The summed E-state index contributed by atoms with van der Waals surface area (Å²) >= 11 is 1.30. The van der Waals surface area contributed by atoms with Crippen LogP contribution >= 0.6 is 11.8 Å². The van der Waals surface area contributed by atoms with Crippen LogP contribution in [0.3, 0.4) is 0 Å². The van der Waals surface area contributed by atoms with E-state index in [0.29, 0.717) is 17.3 Å². The third kappa shape index (κ3) is 5.98. The van der Waals surface area contributed by atoms with Crippen LogP contribution in [-0.2, 0) is 9.59 Å². The molecular formula is C30H31N5O3S. The van der Waals surface area contributed by atoms with Gasteiger partial charge in [-0.05, 0) is 66.6 Å². The van der Waals surface area contributed by atoms with Crippen LogP contribution in [0.1, 0.15) is 35.6 Å². The second-order valence-corrected chi connectivity index (χ2v) is 11.0. The average molecular weight is 542 g/mol. The zero-order valence-electron chi connectivity index (χ0n) is 22.4. The van der Waals surface area contributed by atoms with Crippen LogP contribution in [0.25, 0.3) is 0 Å². The van der Waals surface area contributed by atoms with Crippen LogP contribution in [0.4, 0.5) is 11.4 Å². The maximum atomic E-state index is 12.9. The molecule has 8 nitrogen and oxygen atoms in total. The average Bonchev–Trinajstić information content (AvgIpc) is 3.54. The number of nitrogens with zero attached hydrogens (tertiary/aromatic N) is 4. The Morgan fingerprint density at radius 2 is 1.74 bits per heavy atom. The van der Waals surface area contributed by atoms with Gasteiger partial charge in [-0.15, -0.1) is 0 Å². The van der Waals surface area contributed by atoms with Gasteiger partial charge in [0.25, 0.3) is 5.91 Å². The van der Waals surface area contributed by atoms with E-state index >= 15 is 0 Å². The van der Waals surface area contributed by atoms with Crippen molar-refractivity contribution in [2.24, 2.45) is 10.1 Å². The summed E-state index contributed by atoms with van der Waals surface area (Å²) in [5, 5.41) is 9.56. The second kappa shape index (κ2) is 11.3. The quantitative estimate of drug-likeness (QED) is 0.440. The largest absolute Gasteiger partial charge is 0.497 e. The third-order valence-electron chi connectivity index (χ3n) is 6.76. The fourth-order valence-corrected chi connectivity index (χ4v) is 5.58. The lowest BCUT2D eigenvalue weighted by Crippen LogP contribution is -2.25. The molecule has 0 radical (unpaired) electrons. The summed E-state index contributed by atoms with van der Waals surface area (Å²) in [7, 11) is 5.65. The minimum atomic E-state index is -0.595. The highest BCUT2D eigenvalue weighted by molar-refractivity contribution is 8.15. The molecule has 2 amide bonds. The predicted octanol–water partition coefficient (Wildman–Crippen LogP) is 5.25. The molecule has 2 unspecified atom stereocenters. The molecule has 2 aliphatic heterocycles. The molecule has 1 N–H and O–H groups in total. The van der Waals surface area contributed by atoms with Crippen molar-refractivity contribution >= 4 is 45.8 Å². The normalized spacial score (nSPS) is 18.6. The lowest BCUT2D eigenvalue weighted by Gasteiger charge is -2.24. The minimum Gasteiger partial charge on any atom is -0.497 e. The van der Waals surface area contributed by atoms with Gasteiger partial charge in [-0.3, -0.25) is 9.59 Å². The number of amides is 2. The van der Waals surface area contributed by atoms with Crippen LogP contribution in [0.5, 0.6) is 5.75 Å². The molecule has 5 rings (SSSR count). The molecule has 0 aliphatic carbocycles. The van der Waals surface area contributed by atoms with Crippen molar-refractivity contribution < 1.29 is 14.3 Å². The van der Waals surface area contributed by atoms with Gasteiger partial charge in [0.1, 0.15) is 11.0 Å². The number of benzene rings is 3. The Labute approximate surface area is 232 Å². The SMILES string of the molecule is COc1ccc(C2=NN(C3=NC(=O)C(CC(=O)Nc4ccc(C)cc4)S3)C(c3ccc(N(C)C)cc3)C2)cc1. The number of methoxy groups -OCH3 is 1. The first-order valence-corrected chi connectivity index (χ1v) is 13.6. The Hall–Kier alpha value is -4.11. The minimum absolute atomic E-state index is 0.0372. The number of nitrogens with one attached hydrogen (secondary N) is 1. The number of hydrogen-bond donors (Lipinski definition) is 1. The summed E-state index contributed by atoms with van der Waals surface area (Å²) in [5.74, 6) is 0.239. The monoisotopic (exact) mass is 541 g/mol. The van der Waals surface area contributed by atoms with E-state index in [2.05, 4.69) is 39.5 Å². The van der Waals surface area contributed by atoms with Crippen molar-refractivity contribution in [1.29, 1.82) is 0 Å². The molecule has 0 spiro atoms. The lowest BCUT2D eigenvalue weighted by molar-refractivity contribution is -0.121. The van der Waals surface area contributed by atoms with E-state index in [1.807, 2.05) is 74.6 Å². The number of rotatable bonds is 7. The summed E-state index contributed by atoms with van der Waals surface area (Å²) in [6, 6.07) is 23.6. The smallest absolute Gasteiger partial charge is 0.262 e. The Morgan fingerprint density at radius 1 is 1.05 bits per heavy atom. The molecular weight excluding hydrogens is 510 g/mol. The van der Waals surface area contributed by atoms with Gasteiger partial charge in [0.05, 0.1) is 18.9 Å². The lowest BCUT2D eigenvalue weighted by atomic mass is 9.98. The first-order valence-electron chi connectivity index (χ1n) is 12.7. The maximum absolute atomic E-state index is 12.9. The van der Waals surface area contributed by atoms with E-state index in [4.69, 9.17) is 9.84 Å². The van der Waals surface area contributed by atoms with Crippen molar-refractivity contribution in [3.63, 3.8) is 0 Å². The highest BCUT2D eigenvalue weighted by Gasteiger charge is 2.39. The van der Waals surface area contributed by atoms with Gasteiger partial charge in [0, 0.05) is 38.3 Å². The summed E-state index contributed by atoms with van der Waals surface area (Å²) in [6.07, 6.45) is 0.690. The van der Waals surface area contributed by atoms with Crippen molar-refractivity contribution in [3.8, 4) is 5.75 Å². The Morgan fingerprint density at radius 3 is 2.38 bits per heavy atom. The van der Waals surface area contributed by atoms with Crippen molar-refractivity contribution in [3.05, 3.63) is 89.5 Å². The fourth-order valence-electron chi connectivity index (χ4n) is 4.52. The molecule has 200 valence electrons. The van der Waals surface area contributed by atoms with Crippen LogP contribution in [0.2, 0.25) is 0 Å². The van der Waals surface area contributed by atoms with Gasteiger partial charge >= 0.3 is 0 Å². The summed E-state index contributed by atoms with van der Waals surface area (Å²) in [4.78, 5) is 32.0. The van der Waals surface area contributed by atoms with E-state index in [0.717, 1.165) is 33.8 Å². The van der Waals surface area contributed by atoms with Gasteiger partial charge in [-0.1, -0.05) is 41.6 Å². The molecule has 2 atom stereocenters. The van der Waals surface area contributed by atoms with E-state index < -0.39 is 5.25 Å². The van der Waals surface area contributed by atoms with Crippen LogP contribution < -0.4 is 15.0 Å². The van der Waals surface area contributed by atoms with E-state index in [1.165, 1.54) is 11.8 Å². The van der Waals surface area contributed by atoms with Gasteiger partial charge in [0.15, 0.2) is 5.17 Å². The number of hydrogen-bond acceptors (Lipinski definition) is 7. The molecule has 0 saturated carbocycles. The van der Waals surface area contributed by atoms with Gasteiger partial charge < -0.3 is 15.0 Å². The number of carbonyl (C=O) groups excluding carboxylic acids is 2. The molecule has 39 heavy (non-hydrogen) atoms. The number of amidine groups is 1. The Bertz CT molecular complexity index is 1420. The Balaban J connectivity index is 1.36. The number of thioether (sulfide) groups is 1. The predicted molar refractivity (Wildman–Crippen MR) is 158 cm³/mol. The molecule has 0 aromatic heterocycles. The fraction of sp³-hybridized carbons (Fsp3) is 0.267. The third-order valence-corrected chi connectivity index (χ3v) is 7.90. The standard InChI is InChI=1S/C30H31N5O3S/c1-19-5-11-22(12-6-19)31-28(36)18-27-29(37)32-30(39-27)35-26(21-7-13-23(14-8-21)34(2)3)17-25(33-35)20-9-15-24(38-4)16-10-20/h5-16,26-27H,17-18H2,1-4H3,(H,31,36). The second-order valence-electron chi connectivity index (χ2n) is 9.78. The number of anilines is 2. The first kappa shape index (κ1) is 26.5. The number of ether oxygens (including phenoxy) is 1. The molecule has 2 heterocycles. The molecule has 9 heteroatoms. The zero-order chi connectivity index (χ0) is 27.5. The van der Waals surface area contributed by atoms with E-state index in [-0.39, 0.29) is 24.3 Å². The molecule has 3 aromatic rings. The molecule has 3 aromatic carbocycles. The van der Waals surface area contributed by atoms with Crippen LogP contribution in [-0.4, -0.2) is 54.2 Å². The maximum Gasteiger partial charge on any atom is 0.262 e. The van der Waals surface area contributed by atoms with Gasteiger partial charge in [-0.2, -0.15) is 10.1 Å². The molecule has 0 fully saturated rings.